The molecule has 0 aromatic heterocycles. The van der Waals surface area contributed by atoms with Gasteiger partial charge in [0.25, 0.3) is 0 Å². The van der Waals surface area contributed by atoms with Crippen LogP contribution < -0.4 is 10.6 Å². The maximum Gasteiger partial charge on any atom is 0.225 e. The Bertz CT molecular complexity index is 315. The van der Waals surface area contributed by atoms with Gasteiger partial charge in [0.05, 0.1) is 5.92 Å². The SMILES string of the molecule is CCCN1CCC(NC(=O)C2CCC(=O)NC2)CC1. The summed E-state index contributed by atoms with van der Waals surface area (Å²) in [5.74, 6) is 0.150. The highest BCUT2D eigenvalue weighted by Crippen LogP contribution is 2.14. The number of rotatable bonds is 4. The van der Waals surface area contributed by atoms with Crippen molar-refractivity contribution in [2.45, 2.75) is 45.1 Å². The molecule has 0 saturated carbocycles. The molecule has 2 aliphatic rings. The van der Waals surface area contributed by atoms with Crippen LogP contribution in [0.25, 0.3) is 0 Å². The van der Waals surface area contributed by atoms with Gasteiger partial charge in [-0.15, -0.1) is 0 Å². The Labute approximate surface area is 115 Å². The zero-order chi connectivity index (χ0) is 13.7. The fourth-order valence-corrected chi connectivity index (χ4v) is 2.89. The van der Waals surface area contributed by atoms with Gasteiger partial charge in [-0.3, -0.25) is 9.59 Å². The van der Waals surface area contributed by atoms with Crippen LogP contribution in [-0.2, 0) is 9.59 Å². The number of hydrogen-bond acceptors (Lipinski definition) is 3. The van der Waals surface area contributed by atoms with Crippen LogP contribution in [0.15, 0.2) is 0 Å². The third-order valence-corrected chi connectivity index (χ3v) is 4.11. The number of carbonyl (C=O) groups excluding carboxylic acids is 2. The lowest BCUT2D eigenvalue weighted by Gasteiger charge is -2.33. The second kappa shape index (κ2) is 6.89. The Morgan fingerprint density at radius 2 is 2.11 bits per heavy atom. The summed E-state index contributed by atoms with van der Waals surface area (Å²) in [4.78, 5) is 25.6. The minimum atomic E-state index is -0.0358. The number of nitrogens with one attached hydrogen (secondary N) is 2. The highest BCUT2D eigenvalue weighted by atomic mass is 16.2. The van der Waals surface area contributed by atoms with E-state index >= 15 is 0 Å². The third kappa shape index (κ3) is 4.20. The van der Waals surface area contributed by atoms with Crippen LogP contribution in [0.3, 0.4) is 0 Å². The van der Waals surface area contributed by atoms with Gasteiger partial charge in [0.2, 0.25) is 11.8 Å². The zero-order valence-electron chi connectivity index (χ0n) is 11.8. The number of nitrogens with zero attached hydrogens (tertiary/aromatic N) is 1. The molecule has 2 amide bonds. The van der Waals surface area contributed by atoms with E-state index in [4.69, 9.17) is 0 Å². The van der Waals surface area contributed by atoms with Crippen LogP contribution in [0.2, 0.25) is 0 Å². The van der Waals surface area contributed by atoms with Gasteiger partial charge in [-0.2, -0.15) is 0 Å². The topological polar surface area (TPSA) is 61.4 Å². The Morgan fingerprint density at radius 3 is 2.68 bits per heavy atom. The van der Waals surface area contributed by atoms with Crippen LogP contribution in [0.4, 0.5) is 0 Å². The molecule has 0 bridgehead atoms. The summed E-state index contributed by atoms with van der Waals surface area (Å²) in [6.45, 7) is 6.03. The molecular weight excluding hydrogens is 242 g/mol. The molecule has 2 N–H and O–H groups in total. The smallest absolute Gasteiger partial charge is 0.225 e. The van der Waals surface area contributed by atoms with E-state index in [0.29, 0.717) is 25.4 Å². The molecule has 1 unspecified atom stereocenters. The molecule has 0 aliphatic carbocycles. The Morgan fingerprint density at radius 1 is 1.37 bits per heavy atom. The predicted molar refractivity (Wildman–Crippen MR) is 73.6 cm³/mol. The number of hydrogen-bond donors (Lipinski definition) is 2. The number of carbonyl (C=O) groups is 2. The first-order chi connectivity index (χ1) is 9.19. The Hall–Kier alpha value is -1.10. The minimum Gasteiger partial charge on any atom is -0.355 e. The highest BCUT2D eigenvalue weighted by Gasteiger charge is 2.27. The number of piperidine rings is 2. The Kier molecular flexibility index (Phi) is 5.19. The molecule has 2 rings (SSSR count). The van der Waals surface area contributed by atoms with Crippen molar-refractivity contribution in [1.29, 1.82) is 0 Å². The number of likely N-dealkylation sites (tertiary alicyclic amines) is 1. The quantitative estimate of drug-likeness (QED) is 0.780. The van der Waals surface area contributed by atoms with E-state index in [9.17, 15) is 9.59 Å². The average molecular weight is 267 g/mol. The summed E-state index contributed by atoms with van der Waals surface area (Å²) in [6, 6.07) is 0.318. The summed E-state index contributed by atoms with van der Waals surface area (Å²) < 4.78 is 0. The van der Waals surface area contributed by atoms with Gasteiger partial charge in [-0.1, -0.05) is 6.92 Å². The monoisotopic (exact) mass is 267 g/mol. The lowest BCUT2D eigenvalue weighted by Crippen LogP contribution is -2.49. The molecule has 1 atom stereocenters. The fraction of sp³-hybridized carbons (Fsp3) is 0.857. The summed E-state index contributed by atoms with van der Waals surface area (Å²) in [5.41, 5.74) is 0. The number of amides is 2. The minimum absolute atomic E-state index is 0.0358. The molecule has 2 saturated heterocycles. The second-order valence-corrected chi connectivity index (χ2v) is 5.66. The van der Waals surface area contributed by atoms with Gasteiger partial charge in [0, 0.05) is 32.1 Å². The van der Waals surface area contributed by atoms with Crippen molar-refractivity contribution in [2.75, 3.05) is 26.2 Å². The van der Waals surface area contributed by atoms with Crippen LogP contribution in [-0.4, -0.2) is 48.9 Å². The van der Waals surface area contributed by atoms with Crippen LogP contribution in [0.1, 0.15) is 39.0 Å². The van der Waals surface area contributed by atoms with Gasteiger partial charge in [-0.25, -0.2) is 0 Å². The van der Waals surface area contributed by atoms with Crippen molar-refractivity contribution >= 4 is 11.8 Å². The summed E-state index contributed by atoms with van der Waals surface area (Å²) in [6.07, 6.45) is 4.45. The van der Waals surface area contributed by atoms with E-state index in [1.807, 2.05) is 0 Å². The zero-order valence-corrected chi connectivity index (χ0v) is 11.8. The van der Waals surface area contributed by atoms with E-state index in [1.54, 1.807) is 0 Å². The molecule has 108 valence electrons. The highest BCUT2D eigenvalue weighted by molar-refractivity contribution is 5.83. The van der Waals surface area contributed by atoms with Gasteiger partial charge >= 0.3 is 0 Å². The van der Waals surface area contributed by atoms with Crippen molar-refractivity contribution in [1.82, 2.24) is 15.5 Å². The first-order valence-corrected chi connectivity index (χ1v) is 7.48. The maximum atomic E-state index is 12.1. The third-order valence-electron chi connectivity index (χ3n) is 4.11. The fourth-order valence-electron chi connectivity index (χ4n) is 2.89. The largest absolute Gasteiger partial charge is 0.355 e. The van der Waals surface area contributed by atoms with E-state index in [1.165, 1.54) is 6.42 Å². The molecule has 2 fully saturated rings. The van der Waals surface area contributed by atoms with Crippen LogP contribution >= 0.6 is 0 Å². The second-order valence-electron chi connectivity index (χ2n) is 5.66. The summed E-state index contributed by atoms with van der Waals surface area (Å²) >= 11 is 0. The van der Waals surface area contributed by atoms with Crippen LogP contribution in [0.5, 0.6) is 0 Å². The molecular formula is C14H25N3O2. The average Bonchev–Trinajstić information content (AvgIpc) is 2.42. The van der Waals surface area contributed by atoms with Crippen molar-refractivity contribution in [2.24, 2.45) is 5.92 Å². The first-order valence-electron chi connectivity index (χ1n) is 7.48. The van der Waals surface area contributed by atoms with E-state index in [2.05, 4.69) is 22.5 Å². The van der Waals surface area contributed by atoms with E-state index in [0.717, 1.165) is 32.5 Å². The van der Waals surface area contributed by atoms with Crippen LogP contribution in [0, 0.1) is 5.92 Å². The lowest BCUT2D eigenvalue weighted by atomic mass is 9.97. The van der Waals surface area contributed by atoms with E-state index in [-0.39, 0.29) is 17.7 Å². The van der Waals surface area contributed by atoms with E-state index < -0.39 is 0 Å². The molecule has 5 heteroatoms. The van der Waals surface area contributed by atoms with Gasteiger partial charge < -0.3 is 15.5 Å². The van der Waals surface area contributed by atoms with Crippen molar-refractivity contribution in [3.63, 3.8) is 0 Å². The van der Waals surface area contributed by atoms with Crippen molar-refractivity contribution < 1.29 is 9.59 Å². The van der Waals surface area contributed by atoms with Gasteiger partial charge in [0.1, 0.15) is 0 Å². The molecule has 0 aromatic rings. The molecule has 5 nitrogen and oxygen atoms in total. The normalized spacial score (nSPS) is 25.9. The molecule has 0 radical (unpaired) electrons. The summed E-state index contributed by atoms with van der Waals surface area (Å²) in [7, 11) is 0. The lowest BCUT2D eigenvalue weighted by molar-refractivity contribution is -0.129. The van der Waals surface area contributed by atoms with Gasteiger partial charge in [0.15, 0.2) is 0 Å². The molecule has 0 aromatic carbocycles. The molecule has 2 aliphatic heterocycles. The summed E-state index contributed by atoms with van der Waals surface area (Å²) in [5, 5.41) is 5.92. The predicted octanol–water partition coefficient (Wildman–Crippen LogP) is 0.503. The standard InChI is InChI=1S/C14H25N3O2/c1-2-7-17-8-5-12(6-9-17)16-14(19)11-3-4-13(18)15-10-11/h11-12H,2-10H2,1H3,(H,15,18)(H,16,19). The Balaban J connectivity index is 1.70. The molecule has 2 heterocycles. The van der Waals surface area contributed by atoms with Gasteiger partial charge in [-0.05, 0) is 32.2 Å². The van der Waals surface area contributed by atoms with Crippen molar-refractivity contribution in [3.8, 4) is 0 Å². The molecule has 0 spiro atoms. The van der Waals surface area contributed by atoms with Crippen molar-refractivity contribution in [3.05, 3.63) is 0 Å². The first kappa shape index (κ1) is 14.3. The maximum absolute atomic E-state index is 12.1. The molecule has 19 heavy (non-hydrogen) atoms.